The van der Waals surface area contributed by atoms with E-state index in [1.807, 2.05) is 11.5 Å². The molecular formula is C8H15N3O. The third kappa shape index (κ3) is 2.30. The minimum Gasteiger partial charge on any atom is -0.381 e. The Labute approximate surface area is 72.6 Å². The van der Waals surface area contributed by atoms with E-state index in [0.29, 0.717) is 0 Å². The van der Waals surface area contributed by atoms with Gasteiger partial charge in [0.2, 0.25) is 0 Å². The summed E-state index contributed by atoms with van der Waals surface area (Å²) in [7, 11) is 0. The molecule has 68 valence electrons. The lowest BCUT2D eigenvalue weighted by Crippen LogP contribution is -2.05. The summed E-state index contributed by atoms with van der Waals surface area (Å²) in [6.45, 7) is 6.49. The van der Waals surface area contributed by atoms with Crippen LogP contribution in [0.15, 0.2) is 6.33 Å². The Morgan fingerprint density at radius 2 is 2.33 bits per heavy atom. The molecule has 1 aromatic rings. The lowest BCUT2D eigenvalue weighted by Gasteiger charge is -2.02. The summed E-state index contributed by atoms with van der Waals surface area (Å²) in [5.41, 5.74) is 0. The molecule has 1 rings (SSSR count). The van der Waals surface area contributed by atoms with E-state index >= 15 is 0 Å². The summed E-state index contributed by atoms with van der Waals surface area (Å²) in [5.74, 6) is 1.01. The van der Waals surface area contributed by atoms with Crippen LogP contribution in [0.25, 0.3) is 0 Å². The Morgan fingerprint density at radius 3 is 3.00 bits per heavy atom. The van der Waals surface area contributed by atoms with Crippen LogP contribution in [0.1, 0.15) is 19.7 Å². The van der Waals surface area contributed by atoms with Gasteiger partial charge >= 0.3 is 0 Å². The molecule has 12 heavy (non-hydrogen) atoms. The highest BCUT2D eigenvalue weighted by Gasteiger charge is 2.00. The van der Waals surface area contributed by atoms with E-state index in [1.54, 1.807) is 6.33 Å². The molecule has 0 aromatic carbocycles. The molecule has 0 atom stereocenters. The van der Waals surface area contributed by atoms with Crippen molar-refractivity contribution in [1.29, 1.82) is 0 Å². The van der Waals surface area contributed by atoms with E-state index in [-0.39, 0.29) is 0 Å². The largest absolute Gasteiger partial charge is 0.381 e. The number of hydrogen-bond acceptors (Lipinski definition) is 3. The van der Waals surface area contributed by atoms with Crippen LogP contribution in [0.4, 0.5) is 0 Å². The fourth-order valence-corrected chi connectivity index (χ4v) is 1.04. The van der Waals surface area contributed by atoms with Gasteiger partial charge in [-0.2, -0.15) is 0 Å². The Kier molecular flexibility index (Phi) is 3.73. The number of rotatable bonds is 5. The van der Waals surface area contributed by atoms with Crippen molar-refractivity contribution in [2.45, 2.75) is 26.8 Å². The van der Waals surface area contributed by atoms with Crippen molar-refractivity contribution in [2.75, 3.05) is 13.2 Å². The summed E-state index contributed by atoms with van der Waals surface area (Å²) in [4.78, 5) is 0. The van der Waals surface area contributed by atoms with Crippen LogP contribution in [0.2, 0.25) is 0 Å². The zero-order valence-corrected chi connectivity index (χ0v) is 7.66. The van der Waals surface area contributed by atoms with Gasteiger partial charge in [-0.3, -0.25) is 0 Å². The van der Waals surface area contributed by atoms with Crippen LogP contribution in [0.5, 0.6) is 0 Å². The second-order valence-corrected chi connectivity index (χ2v) is 2.48. The van der Waals surface area contributed by atoms with Gasteiger partial charge < -0.3 is 9.30 Å². The number of hydrogen-bond donors (Lipinski definition) is 0. The minimum atomic E-state index is 0.731. The van der Waals surface area contributed by atoms with Crippen molar-refractivity contribution in [3.8, 4) is 0 Å². The van der Waals surface area contributed by atoms with E-state index in [1.165, 1.54) is 0 Å². The Bertz CT molecular complexity index is 222. The molecule has 4 nitrogen and oxygen atoms in total. The maximum absolute atomic E-state index is 5.23. The Balaban J connectivity index is 2.39. The maximum atomic E-state index is 5.23. The van der Waals surface area contributed by atoms with E-state index in [4.69, 9.17) is 4.74 Å². The molecular weight excluding hydrogens is 154 g/mol. The zero-order chi connectivity index (χ0) is 8.81. The topological polar surface area (TPSA) is 39.9 Å². The molecule has 1 heterocycles. The fourth-order valence-electron chi connectivity index (χ4n) is 1.04. The Morgan fingerprint density at radius 1 is 1.50 bits per heavy atom. The van der Waals surface area contributed by atoms with E-state index < -0.39 is 0 Å². The van der Waals surface area contributed by atoms with Crippen LogP contribution in [0.3, 0.4) is 0 Å². The average Bonchev–Trinajstić information content (AvgIpc) is 2.52. The second-order valence-electron chi connectivity index (χ2n) is 2.48. The first-order chi connectivity index (χ1) is 5.88. The number of ether oxygens (including phenoxy) is 1. The summed E-state index contributed by atoms with van der Waals surface area (Å²) >= 11 is 0. The molecule has 0 aliphatic carbocycles. The van der Waals surface area contributed by atoms with Gasteiger partial charge in [-0.15, -0.1) is 10.2 Å². The Hall–Kier alpha value is -0.900. The second kappa shape index (κ2) is 4.87. The van der Waals surface area contributed by atoms with Crippen molar-refractivity contribution >= 4 is 0 Å². The number of aromatic nitrogens is 3. The molecule has 0 fully saturated rings. The predicted octanol–water partition coefficient (Wildman–Crippen LogP) is 0.877. The zero-order valence-electron chi connectivity index (χ0n) is 7.66. The minimum absolute atomic E-state index is 0.731. The highest BCUT2D eigenvalue weighted by molar-refractivity contribution is 4.85. The normalized spacial score (nSPS) is 10.5. The van der Waals surface area contributed by atoms with Gasteiger partial charge in [0, 0.05) is 19.6 Å². The molecule has 0 aliphatic heterocycles. The molecule has 0 bridgehead atoms. The van der Waals surface area contributed by atoms with Gasteiger partial charge in [0.15, 0.2) is 0 Å². The molecule has 4 heteroatoms. The number of nitrogens with zero attached hydrogens (tertiary/aromatic N) is 3. The molecule has 0 saturated heterocycles. The SMILES string of the molecule is CCOCCc1nncn1CC. The standard InChI is InChI=1S/C8H15N3O/c1-3-11-7-9-10-8(11)5-6-12-4-2/h7H,3-6H2,1-2H3. The molecule has 0 unspecified atom stereocenters. The average molecular weight is 169 g/mol. The summed E-state index contributed by atoms with van der Waals surface area (Å²) in [6, 6.07) is 0. The highest BCUT2D eigenvalue weighted by atomic mass is 16.5. The quantitative estimate of drug-likeness (QED) is 0.614. The van der Waals surface area contributed by atoms with Crippen LogP contribution in [-0.4, -0.2) is 28.0 Å². The molecule has 0 amide bonds. The van der Waals surface area contributed by atoms with Crippen molar-refractivity contribution in [3.63, 3.8) is 0 Å². The van der Waals surface area contributed by atoms with Crippen molar-refractivity contribution in [1.82, 2.24) is 14.8 Å². The van der Waals surface area contributed by atoms with Gasteiger partial charge in [0.05, 0.1) is 6.61 Å². The van der Waals surface area contributed by atoms with E-state index in [2.05, 4.69) is 17.1 Å². The van der Waals surface area contributed by atoms with Gasteiger partial charge in [-0.1, -0.05) is 0 Å². The van der Waals surface area contributed by atoms with Gasteiger partial charge in [0.25, 0.3) is 0 Å². The van der Waals surface area contributed by atoms with E-state index in [0.717, 1.165) is 32.0 Å². The number of aryl methyl sites for hydroxylation is 1. The van der Waals surface area contributed by atoms with Crippen molar-refractivity contribution < 1.29 is 4.74 Å². The van der Waals surface area contributed by atoms with Crippen molar-refractivity contribution in [3.05, 3.63) is 12.2 Å². The smallest absolute Gasteiger partial charge is 0.135 e. The molecule has 0 radical (unpaired) electrons. The first-order valence-corrected chi connectivity index (χ1v) is 4.32. The lowest BCUT2D eigenvalue weighted by atomic mass is 10.4. The molecule has 0 aliphatic rings. The maximum Gasteiger partial charge on any atom is 0.135 e. The third-order valence-corrected chi connectivity index (χ3v) is 1.71. The van der Waals surface area contributed by atoms with Crippen LogP contribution < -0.4 is 0 Å². The van der Waals surface area contributed by atoms with Crippen LogP contribution in [-0.2, 0) is 17.7 Å². The molecule has 0 saturated carbocycles. The first-order valence-electron chi connectivity index (χ1n) is 4.32. The van der Waals surface area contributed by atoms with Gasteiger partial charge in [0.1, 0.15) is 12.2 Å². The van der Waals surface area contributed by atoms with Crippen LogP contribution in [0, 0.1) is 0 Å². The molecule has 0 N–H and O–H groups in total. The van der Waals surface area contributed by atoms with Gasteiger partial charge in [-0.05, 0) is 13.8 Å². The summed E-state index contributed by atoms with van der Waals surface area (Å²) < 4.78 is 7.25. The molecule has 0 spiro atoms. The van der Waals surface area contributed by atoms with Crippen molar-refractivity contribution in [2.24, 2.45) is 0 Å². The lowest BCUT2D eigenvalue weighted by molar-refractivity contribution is 0.149. The molecule has 1 aromatic heterocycles. The monoisotopic (exact) mass is 169 g/mol. The van der Waals surface area contributed by atoms with Crippen LogP contribution >= 0.6 is 0 Å². The highest BCUT2D eigenvalue weighted by Crippen LogP contribution is 1.96. The predicted molar refractivity (Wildman–Crippen MR) is 45.9 cm³/mol. The van der Waals surface area contributed by atoms with E-state index in [9.17, 15) is 0 Å². The first kappa shape index (κ1) is 9.19. The third-order valence-electron chi connectivity index (χ3n) is 1.71. The fraction of sp³-hybridized carbons (Fsp3) is 0.750. The van der Waals surface area contributed by atoms with Gasteiger partial charge in [-0.25, -0.2) is 0 Å². The summed E-state index contributed by atoms with van der Waals surface area (Å²) in [6.07, 6.45) is 2.60. The summed E-state index contributed by atoms with van der Waals surface area (Å²) in [5, 5.41) is 7.82.